The fourth-order valence-electron chi connectivity index (χ4n) is 2.94. The summed E-state index contributed by atoms with van der Waals surface area (Å²) < 4.78 is 32.1. The van der Waals surface area contributed by atoms with E-state index in [2.05, 4.69) is 10.6 Å². The summed E-state index contributed by atoms with van der Waals surface area (Å²) in [6, 6.07) is 18.3. The smallest absolute Gasteiger partial charge is 0.243 e. The van der Waals surface area contributed by atoms with Crippen molar-refractivity contribution in [2.45, 2.75) is 23.6 Å². The topological polar surface area (TPSA) is 84.5 Å². The summed E-state index contributed by atoms with van der Waals surface area (Å²) in [6.07, 6.45) is 0. The summed E-state index contributed by atoms with van der Waals surface area (Å²) in [4.78, 5) is 12.6. The van der Waals surface area contributed by atoms with Gasteiger partial charge in [0.25, 0.3) is 0 Å². The molecular weight excluding hydrogens is 436 g/mol. The predicted octanol–water partition coefficient (Wildman–Crippen LogP) is 4.93. The van der Waals surface area contributed by atoms with Crippen LogP contribution >= 0.6 is 11.6 Å². The molecule has 6 nitrogen and oxygen atoms in total. The van der Waals surface area contributed by atoms with Gasteiger partial charge in [0.1, 0.15) is 4.90 Å². The van der Waals surface area contributed by atoms with Gasteiger partial charge in [-0.2, -0.15) is 0 Å². The number of amides is 1. The maximum absolute atomic E-state index is 13.2. The number of hydrogen-bond acceptors (Lipinski definition) is 5. The van der Waals surface area contributed by atoms with E-state index < -0.39 is 9.84 Å². The van der Waals surface area contributed by atoms with Crippen LogP contribution in [0.1, 0.15) is 12.5 Å². The average molecular weight is 459 g/mol. The minimum Gasteiger partial charge on any atom is -0.490 e. The lowest BCUT2D eigenvalue weighted by atomic mass is 10.2. The molecule has 0 atom stereocenters. The van der Waals surface area contributed by atoms with Crippen LogP contribution in [0.15, 0.2) is 76.5 Å². The monoisotopic (exact) mass is 458 g/mol. The van der Waals surface area contributed by atoms with Crippen molar-refractivity contribution in [2.24, 2.45) is 0 Å². The van der Waals surface area contributed by atoms with Crippen molar-refractivity contribution >= 4 is 38.7 Å². The molecule has 0 unspecified atom stereocenters. The zero-order chi connectivity index (χ0) is 22.4. The minimum absolute atomic E-state index is 0.0368. The normalized spacial score (nSPS) is 11.1. The molecule has 8 heteroatoms. The van der Waals surface area contributed by atoms with Crippen LogP contribution in [0.25, 0.3) is 0 Å². The van der Waals surface area contributed by atoms with Gasteiger partial charge < -0.3 is 15.4 Å². The zero-order valence-electron chi connectivity index (χ0n) is 17.2. The van der Waals surface area contributed by atoms with Gasteiger partial charge in [0.2, 0.25) is 15.7 Å². The van der Waals surface area contributed by atoms with Crippen LogP contribution in [0.5, 0.6) is 5.75 Å². The number of carbonyl (C=O) groups is 1. The van der Waals surface area contributed by atoms with Crippen LogP contribution in [-0.4, -0.2) is 27.5 Å². The molecule has 0 aliphatic rings. The van der Waals surface area contributed by atoms with Gasteiger partial charge in [0.15, 0.2) is 5.75 Å². The maximum atomic E-state index is 13.2. The fourth-order valence-corrected chi connectivity index (χ4v) is 4.54. The van der Waals surface area contributed by atoms with Crippen LogP contribution in [0.3, 0.4) is 0 Å². The lowest BCUT2D eigenvalue weighted by molar-refractivity contribution is -0.114. The summed E-state index contributed by atoms with van der Waals surface area (Å²) in [5.41, 5.74) is 1.87. The van der Waals surface area contributed by atoms with Crippen LogP contribution < -0.4 is 15.4 Å². The van der Waals surface area contributed by atoms with Gasteiger partial charge in [-0.1, -0.05) is 47.5 Å². The van der Waals surface area contributed by atoms with E-state index in [0.29, 0.717) is 16.4 Å². The average Bonchev–Trinajstić information content (AvgIpc) is 2.75. The molecule has 1 amide bonds. The Morgan fingerprint density at radius 3 is 2.32 bits per heavy atom. The Morgan fingerprint density at radius 2 is 1.65 bits per heavy atom. The van der Waals surface area contributed by atoms with Crippen molar-refractivity contribution in [3.8, 4) is 5.75 Å². The SMILES string of the molecule is CCOc1c(NCC(=O)Nc2ccccc2Cl)cccc1S(=O)(=O)c1ccc(C)cc1. The third kappa shape index (κ3) is 5.37. The molecule has 0 saturated carbocycles. The van der Waals surface area contributed by atoms with Crippen molar-refractivity contribution in [3.63, 3.8) is 0 Å². The van der Waals surface area contributed by atoms with E-state index in [4.69, 9.17) is 16.3 Å². The molecule has 31 heavy (non-hydrogen) atoms. The third-order valence-corrected chi connectivity index (χ3v) is 6.60. The summed E-state index contributed by atoms with van der Waals surface area (Å²) in [7, 11) is -3.81. The molecule has 162 valence electrons. The van der Waals surface area contributed by atoms with Crippen molar-refractivity contribution in [1.29, 1.82) is 0 Å². The first-order chi connectivity index (χ1) is 14.8. The molecule has 3 aromatic carbocycles. The van der Waals surface area contributed by atoms with Gasteiger partial charge in [-0.05, 0) is 50.2 Å². The summed E-state index contributed by atoms with van der Waals surface area (Å²) in [6.45, 7) is 3.82. The number of hydrogen-bond donors (Lipinski definition) is 2. The Morgan fingerprint density at radius 1 is 0.968 bits per heavy atom. The van der Waals surface area contributed by atoms with E-state index in [-0.39, 0.29) is 34.6 Å². The Bertz CT molecular complexity index is 1180. The van der Waals surface area contributed by atoms with Crippen LogP contribution in [0.2, 0.25) is 5.02 Å². The Balaban J connectivity index is 1.85. The minimum atomic E-state index is -3.81. The molecule has 3 aromatic rings. The first kappa shape index (κ1) is 22.7. The second kappa shape index (κ2) is 9.85. The van der Waals surface area contributed by atoms with Gasteiger partial charge in [-0.25, -0.2) is 8.42 Å². The van der Waals surface area contributed by atoms with Gasteiger partial charge in [-0.15, -0.1) is 0 Å². The molecule has 0 heterocycles. The Labute approximate surface area is 187 Å². The number of anilines is 2. The second-order valence-corrected chi connectivity index (χ2v) is 9.09. The fraction of sp³-hybridized carbons (Fsp3) is 0.174. The number of aryl methyl sites for hydroxylation is 1. The lowest BCUT2D eigenvalue weighted by Crippen LogP contribution is -2.22. The third-order valence-electron chi connectivity index (χ3n) is 4.48. The predicted molar refractivity (Wildman–Crippen MR) is 123 cm³/mol. The number of nitrogens with one attached hydrogen (secondary N) is 2. The summed E-state index contributed by atoms with van der Waals surface area (Å²) in [5.74, 6) is -0.154. The van der Waals surface area contributed by atoms with Crippen molar-refractivity contribution < 1.29 is 17.9 Å². The van der Waals surface area contributed by atoms with E-state index >= 15 is 0 Å². The number of ether oxygens (including phenoxy) is 1. The number of sulfone groups is 1. The van der Waals surface area contributed by atoms with Gasteiger partial charge in [0, 0.05) is 0 Å². The number of halogens is 1. The number of carbonyl (C=O) groups excluding carboxylic acids is 1. The largest absolute Gasteiger partial charge is 0.490 e. The van der Waals surface area contributed by atoms with E-state index in [1.165, 1.54) is 6.07 Å². The first-order valence-corrected chi connectivity index (χ1v) is 11.5. The number of rotatable bonds is 8. The molecule has 0 saturated heterocycles. The molecular formula is C23H23ClN2O4S. The quantitative estimate of drug-likeness (QED) is 0.500. The van der Waals surface area contributed by atoms with E-state index in [1.807, 2.05) is 6.92 Å². The Hall–Kier alpha value is -3.03. The molecule has 0 fully saturated rings. The van der Waals surface area contributed by atoms with Crippen molar-refractivity contribution in [2.75, 3.05) is 23.8 Å². The van der Waals surface area contributed by atoms with Crippen LogP contribution in [0, 0.1) is 6.92 Å². The molecule has 0 aliphatic carbocycles. The molecule has 0 aromatic heterocycles. The Kier molecular flexibility index (Phi) is 7.20. The van der Waals surface area contributed by atoms with Gasteiger partial charge >= 0.3 is 0 Å². The number of para-hydroxylation sites is 2. The first-order valence-electron chi connectivity index (χ1n) is 9.68. The second-order valence-electron chi connectivity index (χ2n) is 6.76. The lowest BCUT2D eigenvalue weighted by Gasteiger charge is -2.17. The zero-order valence-corrected chi connectivity index (χ0v) is 18.8. The van der Waals surface area contributed by atoms with Crippen molar-refractivity contribution in [1.82, 2.24) is 0 Å². The van der Waals surface area contributed by atoms with E-state index in [1.54, 1.807) is 67.6 Å². The highest BCUT2D eigenvalue weighted by atomic mass is 35.5. The molecule has 0 spiro atoms. The van der Waals surface area contributed by atoms with E-state index in [0.717, 1.165) is 5.56 Å². The van der Waals surface area contributed by atoms with Crippen LogP contribution in [-0.2, 0) is 14.6 Å². The highest BCUT2D eigenvalue weighted by Gasteiger charge is 2.24. The highest BCUT2D eigenvalue weighted by Crippen LogP contribution is 2.36. The summed E-state index contributed by atoms with van der Waals surface area (Å²) >= 11 is 6.07. The maximum Gasteiger partial charge on any atom is 0.243 e. The highest BCUT2D eigenvalue weighted by molar-refractivity contribution is 7.91. The molecule has 0 radical (unpaired) electrons. The van der Waals surface area contributed by atoms with Crippen molar-refractivity contribution in [3.05, 3.63) is 77.3 Å². The molecule has 3 rings (SSSR count). The van der Waals surface area contributed by atoms with E-state index in [9.17, 15) is 13.2 Å². The van der Waals surface area contributed by atoms with Gasteiger partial charge in [-0.3, -0.25) is 4.79 Å². The number of benzene rings is 3. The molecule has 0 bridgehead atoms. The summed E-state index contributed by atoms with van der Waals surface area (Å²) in [5, 5.41) is 6.11. The molecule has 0 aliphatic heterocycles. The standard InChI is InChI=1S/C23H23ClN2O4S/c1-3-30-23-20(25-15-22(27)26-19-8-5-4-7-18(19)24)9-6-10-21(23)31(28,29)17-13-11-16(2)12-14-17/h4-14,25H,3,15H2,1-2H3,(H,26,27). The van der Waals surface area contributed by atoms with Gasteiger partial charge in [0.05, 0.1) is 34.4 Å². The molecule has 2 N–H and O–H groups in total. The van der Waals surface area contributed by atoms with Crippen LogP contribution in [0.4, 0.5) is 11.4 Å².